The van der Waals surface area contributed by atoms with Gasteiger partial charge in [-0.1, -0.05) is 12.1 Å². The predicted molar refractivity (Wildman–Crippen MR) is 110 cm³/mol. The zero-order chi connectivity index (χ0) is 22.0. The Morgan fingerprint density at radius 3 is 2.77 bits per heavy atom. The number of carbonyl (C=O) groups excluding carboxylic acids is 2. The molecule has 31 heavy (non-hydrogen) atoms. The highest BCUT2D eigenvalue weighted by Crippen LogP contribution is 2.47. The van der Waals surface area contributed by atoms with Crippen LogP contribution in [0, 0.1) is 5.82 Å². The topological polar surface area (TPSA) is 106 Å². The molecule has 2 aliphatic heterocycles. The minimum absolute atomic E-state index is 0.0745. The van der Waals surface area contributed by atoms with Gasteiger partial charge in [0.25, 0.3) is 0 Å². The number of esters is 1. The molecule has 8 nitrogen and oxygen atoms in total. The van der Waals surface area contributed by atoms with E-state index in [1.165, 1.54) is 25.3 Å². The number of aliphatic hydroxyl groups excluding tert-OH is 1. The number of para-hydroxylation sites is 1. The molecule has 1 saturated heterocycles. The Morgan fingerprint density at radius 2 is 2.03 bits per heavy atom. The van der Waals surface area contributed by atoms with Crippen LogP contribution in [0.2, 0.25) is 0 Å². The molecular weight excluding hydrogens is 407 g/mol. The van der Waals surface area contributed by atoms with Crippen molar-refractivity contribution in [3.05, 3.63) is 53.8 Å². The monoisotopic (exact) mass is 430 g/mol. The molecule has 2 aliphatic rings. The lowest BCUT2D eigenvalue weighted by Crippen LogP contribution is -2.46. The Bertz CT molecular complexity index is 984. The third-order valence-electron chi connectivity index (χ3n) is 5.50. The van der Waals surface area contributed by atoms with Crippen molar-refractivity contribution in [2.24, 2.45) is 0 Å². The molecule has 0 aliphatic carbocycles. The van der Waals surface area contributed by atoms with E-state index in [2.05, 4.69) is 10.6 Å². The van der Waals surface area contributed by atoms with Crippen molar-refractivity contribution in [2.75, 3.05) is 24.4 Å². The van der Waals surface area contributed by atoms with E-state index in [4.69, 9.17) is 14.2 Å². The van der Waals surface area contributed by atoms with Crippen molar-refractivity contribution >= 4 is 23.4 Å². The lowest BCUT2D eigenvalue weighted by molar-refractivity contribution is -0.156. The summed E-state index contributed by atoms with van der Waals surface area (Å²) in [5.74, 6) is -0.404. The van der Waals surface area contributed by atoms with Crippen molar-refractivity contribution in [3.63, 3.8) is 0 Å². The van der Waals surface area contributed by atoms with Crippen LogP contribution in [0.4, 0.5) is 20.6 Å². The van der Waals surface area contributed by atoms with Crippen molar-refractivity contribution in [1.82, 2.24) is 0 Å². The van der Waals surface area contributed by atoms with E-state index >= 15 is 0 Å². The summed E-state index contributed by atoms with van der Waals surface area (Å²) in [6, 6.07) is 10.5. The number of ether oxygens (including phenoxy) is 3. The summed E-state index contributed by atoms with van der Waals surface area (Å²) in [7, 11) is 1.32. The van der Waals surface area contributed by atoms with Crippen LogP contribution in [0.3, 0.4) is 0 Å². The fourth-order valence-electron chi connectivity index (χ4n) is 4.08. The second-order valence-corrected chi connectivity index (χ2v) is 7.50. The molecule has 9 heteroatoms. The van der Waals surface area contributed by atoms with Crippen LogP contribution in [0.1, 0.15) is 24.3 Å². The summed E-state index contributed by atoms with van der Waals surface area (Å²) >= 11 is 0. The molecule has 164 valence electrons. The molecular formula is C22H23FN2O6. The smallest absolute Gasteiger partial charge is 0.323 e. The first kappa shape index (κ1) is 21.1. The number of aliphatic hydroxyl groups is 1. The van der Waals surface area contributed by atoms with Gasteiger partial charge in [0.05, 0.1) is 31.9 Å². The molecule has 3 N–H and O–H groups in total. The first-order valence-electron chi connectivity index (χ1n) is 9.94. The number of hydrogen-bond donors (Lipinski definition) is 3. The third-order valence-corrected chi connectivity index (χ3v) is 5.50. The van der Waals surface area contributed by atoms with Crippen LogP contribution in [-0.4, -0.2) is 49.1 Å². The molecule has 4 atom stereocenters. The van der Waals surface area contributed by atoms with Gasteiger partial charge in [-0.25, -0.2) is 9.18 Å². The Labute approximate surface area is 178 Å². The van der Waals surface area contributed by atoms with Crippen molar-refractivity contribution < 1.29 is 33.3 Å². The number of hydrogen-bond acceptors (Lipinski definition) is 6. The van der Waals surface area contributed by atoms with Gasteiger partial charge in [-0.2, -0.15) is 0 Å². The number of urea groups is 1. The first-order valence-corrected chi connectivity index (χ1v) is 9.94. The highest BCUT2D eigenvalue weighted by atomic mass is 19.1. The van der Waals surface area contributed by atoms with Gasteiger partial charge in [0, 0.05) is 17.2 Å². The number of benzene rings is 2. The van der Waals surface area contributed by atoms with Gasteiger partial charge in [0.2, 0.25) is 0 Å². The number of anilines is 2. The van der Waals surface area contributed by atoms with E-state index in [0.717, 1.165) is 5.56 Å². The number of nitrogens with one attached hydrogen (secondary N) is 2. The average Bonchev–Trinajstić information content (AvgIpc) is 3.12. The summed E-state index contributed by atoms with van der Waals surface area (Å²) in [5, 5.41) is 14.9. The van der Waals surface area contributed by atoms with E-state index in [1.807, 2.05) is 0 Å². The van der Waals surface area contributed by atoms with Crippen LogP contribution >= 0.6 is 0 Å². The normalized spacial score (nSPS) is 23.8. The summed E-state index contributed by atoms with van der Waals surface area (Å²) < 4.78 is 30.3. The summed E-state index contributed by atoms with van der Waals surface area (Å²) in [4.78, 5) is 24.0. The molecule has 0 aromatic heterocycles. The van der Waals surface area contributed by atoms with Crippen molar-refractivity contribution in [1.29, 1.82) is 0 Å². The van der Waals surface area contributed by atoms with E-state index < -0.39 is 30.2 Å². The molecule has 2 heterocycles. The Hall–Kier alpha value is -3.17. The van der Waals surface area contributed by atoms with E-state index in [9.17, 15) is 19.1 Å². The quantitative estimate of drug-likeness (QED) is 0.630. The van der Waals surface area contributed by atoms with Gasteiger partial charge in [-0.05, 0) is 36.8 Å². The van der Waals surface area contributed by atoms with E-state index in [0.29, 0.717) is 17.9 Å². The number of amides is 2. The number of fused-ring (bicyclic) bond motifs is 3. The highest BCUT2D eigenvalue weighted by molar-refractivity contribution is 5.99. The van der Waals surface area contributed by atoms with Crippen LogP contribution in [0.5, 0.6) is 5.75 Å². The Balaban J connectivity index is 1.49. The maximum Gasteiger partial charge on any atom is 0.323 e. The van der Waals surface area contributed by atoms with Gasteiger partial charge in [0.15, 0.2) is 0 Å². The zero-order valence-corrected chi connectivity index (χ0v) is 16.8. The minimum atomic E-state index is -0.582. The van der Waals surface area contributed by atoms with Crippen LogP contribution in [-0.2, 0) is 14.3 Å². The second-order valence-electron chi connectivity index (χ2n) is 7.50. The second kappa shape index (κ2) is 8.91. The molecule has 0 bridgehead atoms. The molecule has 2 aromatic carbocycles. The maximum atomic E-state index is 13.8. The van der Waals surface area contributed by atoms with Crippen LogP contribution < -0.4 is 15.4 Å². The molecule has 1 fully saturated rings. The maximum absolute atomic E-state index is 13.8. The lowest BCUT2D eigenvalue weighted by atomic mass is 9.84. The Kier molecular flexibility index (Phi) is 6.06. The number of rotatable bonds is 5. The molecule has 2 aromatic rings. The van der Waals surface area contributed by atoms with E-state index in [1.54, 1.807) is 24.3 Å². The summed E-state index contributed by atoms with van der Waals surface area (Å²) in [6.45, 7) is -0.247. The fraction of sp³-hybridized carbons (Fsp3) is 0.364. The average molecular weight is 430 g/mol. The van der Waals surface area contributed by atoms with Gasteiger partial charge >= 0.3 is 12.0 Å². The number of carbonyl (C=O) groups is 2. The molecule has 0 saturated carbocycles. The zero-order valence-electron chi connectivity index (χ0n) is 16.8. The third kappa shape index (κ3) is 4.47. The standard InChI is InChI=1S/C22H23FN2O6/c1-29-20(27)10-13-9-15-14-8-12(6-7-18(14)31-21(15)19(11-26)30-13)24-22(28)25-17-5-3-2-4-16(17)23/h2-8,13,15,19,21,26H,9-11H2,1H3,(H2,24,25,28)/t13-,15+,19-,21-/m1/s1. The molecule has 2 amide bonds. The van der Waals surface area contributed by atoms with Crippen molar-refractivity contribution in [3.8, 4) is 5.75 Å². The highest BCUT2D eigenvalue weighted by Gasteiger charge is 2.46. The van der Waals surface area contributed by atoms with Crippen LogP contribution in [0.25, 0.3) is 0 Å². The summed E-state index contributed by atoms with van der Waals surface area (Å²) in [6.07, 6.45) is -0.804. The molecule has 0 spiro atoms. The van der Waals surface area contributed by atoms with Gasteiger partial charge < -0.3 is 30.0 Å². The molecule has 0 unspecified atom stereocenters. The van der Waals surface area contributed by atoms with Gasteiger partial charge in [-0.3, -0.25) is 4.79 Å². The molecule has 0 radical (unpaired) electrons. The predicted octanol–water partition coefficient (Wildman–Crippen LogP) is 3.03. The minimum Gasteiger partial charge on any atom is -0.487 e. The fourth-order valence-corrected chi connectivity index (χ4v) is 4.08. The number of halogens is 1. The summed E-state index contributed by atoms with van der Waals surface area (Å²) in [5.41, 5.74) is 1.43. The first-order chi connectivity index (χ1) is 15.0. The lowest BCUT2D eigenvalue weighted by Gasteiger charge is -2.36. The Morgan fingerprint density at radius 1 is 1.23 bits per heavy atom. The SMILES string of the molecule is COC(=O)C[C@H]1C[C@H]2c3cc(NC(=O)Nc4ccccc4F)ccc3O[C@H]2[C@@H](CO)O1. The van der Waals surface area contributed by atoms with E-state index in [-0.39, 0.29) is 30.6 Å². The van der Waals surface area contributed by atoms with Gasteiger partial charge in [0.1, 0.15) is 23.8 Å². The van der Waals surface area contributed by atoms with Crippen LogP contribution in [0.15, 0.2) is 42.5 Å². The van der Waals surface area contributed by atoms with Crippen molar-refractivity contribution in [2.45, 2.75) is 37.1 Å². The molecule has 4 rings (SSSR count). The van der Waals surface area contributed by atoms with Gasteiger partial charge in [-0.15, -0.1) is 0 Å². The number of methoxy groups -OCH3 is 1. The largest absolute Gasteiger partial charge is 0.487 e.